The number of hydrogen-bond donors (Lipinski definition) is 2. The van der Waals surface area contributed by atoms with Gasteiger partial charge in [0.05, 0.1) is 25.6 Å². The maximum absolute atomic E-state index is 10.1. The lowest BCUT2D eigenvalue weighted by molar-refractivity contribution is 0.403. The van der Waals surface area contributed by atoms with Crippen LogP contribution in [-0.2, 0) is 0 Å². The van der Waals surface area contributed by atoms with Gasteiger partial charge < -0.3 is 14.9 Å². The predicted molar refractivity (Wildman–Crippen MR) is 125 cm³/mol. The minimum atomic E-state index is -0.215. The normalized spacial score (nSPS) is 12.0. The minimum Gasteiger partial charge on any atom is -0.504 e. The molecule has 0 amide bonds. The van der Waals surface area contributed by atoms with Gasteiger partial charge >= 0.3 is 0 Å². The van der Waals surface area contributed by atoms with Crippen LogP contribution in [0.3, 0.4) is 0 Å². The van der Waals surface area contributed by atoms with Crippen molar-refractivity contribution in [1.82, 2.24) is 4.68 Å². The zero-order valence-electron chi connectivity index (χ0n) is 16.9. The molecule has 156 valence electrons. The average Bonchev–Trinajstić information content (AvgIpc) is 3.20. The molecule has 0 aliphatic carbocycles. The lowest BCUT2D eigenvalue weighted by Gasteiger charge is -2.07. The van der Waals surface area contributed by atoms with Crippen molar-refractivity contribution in [2.75, 3.05) is 13.7 Å². The van der Waals surface area contributed by atoms with Gasteiger partial charge in [-0.2, -0.15) is 5.10 Å². The summed E-state index contributed by atoms with van der Waals surface area (Å²) in [6, 6.07) is 16.9. The molecule has 0 bridgehead atoms. The summed E-state index contributed by atoms with van der Waals surface area (Å²) >= 11 is 1.47. The van der Waals surface area contributed by atoms with Crippen LogP contribution < -0.4 is 9.54 Å². The first kappa shape index (κ1) is 20.4. The van der Waals surface area contributed by atoms with Crippen LogP contribution in [-0.4, -0.2) is 34.8 Å². The number of fused-ring (bicyclic) bond motifs is 1. The largest absolute Gasteiger partial charge is 0.504 e. The Bertz CT molecular complexity index is 1350. The maximum Gasteiger partial charge on any atom is 0.206 e. The quantitative estimate of drug-likeness (QED) is 0.262. The van der Waals surface area contributed by atoms with Crippen LogP contribution in [0.5, 0.6) is 17.2 Å². The average molecular weight is 432 g/mol. The van der Waals surface area contributed by atoms with Gasteiger partial charge in [-0.25, -0.2) is 4.68 Å². The third-order valence-corrected chi connectivity index (χ3v) is 5.60. The van der Waals surface area contributed by atoms with Crippen molar-refractivity contribution >= 4 is 28.3 Å². The number of para-hydroxylation sites is 1. The highest BCUT2D eigenvalue weighted by molar-refractivity contribution is 7.07. The molecule has 2 N–H and O–H groups in total. The van der Waals surface area contributed by atoms with Gasteiger partial charge in [0.15, 0.2) is 11.5 Å². The van der Waals surface area contributed by atoms with Gasteiger partial charge in [0.2, 0.25) is 4.80 Å². The van der Waals surface area contributed by atoms with E-state index in [1.54, 1.807) is 30.0 Å². The van der Waals surface area contributed by atoms with E-state index in [0.29, 0.717) is 16.9 Å². The number of nitrogens with zero attached hydrogens (tertiary/aromatic N) is 3. The Morgan fingerprint density at radius 1 is 1.10 bits per heavy atom. The van der Waals surface area contributed by atoms with Gasteiger partial charge in [-0.3, -0.25) is 4.99 Å². The van der Waals surface area contributed by atoms with Crippen LogP contribution in [0.15, 0.2) is 82.7 Å². The monoisotopic (exact) mass is 431 g/mol. The number of thiazole rings is 1. The predicted octanol–water partition coefficient (Wildman–Crippen LogP) is 4.76. The number of aromatic nitrogens is 1. The van der Waals surface area contributed by atoms with Gasteiger partial charge in [-0.1, -0.05) is 30.3 Å². The Kier molecular flexibility index (Phi) is 5.86. The maximum atomic E-state index is 10.1. The van der Waals surface area contributed by atoms with Crippen molar-refractivity contribution in [2.24, 2.45) is 10.1 Å². The summed E-state index contributed by atoms with van der Waals surface area (Å²) in [6.07, 6.45) is 3.22. The van der Waals surface area contributed by atoms with E-state index >= 15 is 0 Å². The van der Waals surface area contributed by atoms with Gasteiger partial charge in [0.1, 0.15) is 5.75 Å². The lowest BCUT2D eigenvalue weighted by atomic mass is 10.1. The highest BCUT2D eigenvalue weighted by Crippen LogP contribution is 2.29. The molecule has 31 heavy (non-hydrogen) atoms. The molecule has 0 fully saturated rings. The second kappa shape index (κ2) is 8.89. The second-order valence-electron chi connectivity index (χ2n) is 6.73. The summed E-state index contributed by atoms with van der Waals surface area (Å²) in [5.41, 5.74) is 2.25. The Hall–Kier alpha value is -3.84. The van der Waals surface area contributed by atoms with E-state index in [4.69, 9.17) is 4.74 Å². The Morgan fingerprint density at radius 2 is 1.90 bits per heavy atom. The number of benzene rings is 3. The van der Waals surface area contributed by atoms with Crippen LogP contribution in [0.1, 0.15) is 5.56 Å². The van der Waals surface area contributed by atoms with Crippen molar-refractivity contribution < 1.29 is 14.9 Å². The third-order valence-electron chi connectivity index (χ3n) is 4.74. The molecule has 7 heteroatoms. The van der Waals surface area contributed by atoms with Gasteiger partial charge in [-0.05, 0) is 41.1 Å². The summed E-state index contributed by atoms with van der Waals surface area (Å²) < 4.78 is 7.03. The molecule has 1 heterocycles. The van der Waals surface area contributed by atoms with Crippen molar-refractivity contribution in [3.63, 3.8) is 0 Å². The van der Waals surface area contributed by atoms with E-state index in [1.165, 1.54) is 23.6 Å². The molecule has 0 radical (unpaired) electrons. The van der Waals surface area contributed by atoms with Crippen LogP contribution >= 0.6 is 11.3 Å². The number of phenolic OH excluding ortho intramolecular Hbond substituents is 2. The number of hydrogen-bond acceptors (Lipinski definition) is 6. The SMILES string of the molecule is C=CCN=c1scc(-c2ccc3cc(OC)ccc3c2)n1N=Cc1cccc(O)c1O. The van der Waals surface area contributed by atoms with Crippen molar-refractivity contribution in [3.8, 4) is 28.5 Å². The van der Waals surface area contributed by atoms with Crippen LogP contribution in [0.25, 0.3) is 22.0 Å². The molecule has 0 aliphatic rings. The molecule has 6 nitrogen and oxygen atoms in total. The highest BCUT2D eigenvalue weighted by Gasteiger charge is 2.10. The lowest BCUT2D eigenvalue weighted by Crippen LogP contribution is -2.12. The van der Waals surface area contributed by atoms with Gasteiger partial charge in [-0.15, -0.1) is 17.9 Å². The molecular weight excluding hydrogens is 410 g/mol. The van der Waals surface area contributed by atoms with Crippen LogP contribution in [0.2, 0.25) is 0 Å². The molecule has 4 aromatic rings. The van der Waals surface area contributed by atoms with E-state index in [-0.39, 0.29) is 11.5 Å². The molecule has 0 saturated heterocycles. The third kappa shape index (κ3) is 4.22. The number of phenols is 2. The van der Waals surface area contributed by atoms with Gasteiger partial charge in [0.25, 0.3) is 0 Å². The van der Waals surface area contributed by atoms with Crippen molar-refractivity contribution in [2.45, 2.75) is 0 Å². The summed E-state index contributed by atoms with van der Waals surface area (Å²) in [6.45, 7) is 4.19. The minimum absolute atomic E-state index is 0.194. The fraction of sp³-hybridized carbons (Fsp3) is 0.0833. The molecule has 1 aromatic heterocycles. The molecule has 0 spiro atoms. The summed E-state index contributed by atoms with van der Waals surface area (Å²) in [7, 11) is 1.65. The van der Waals surface area contributed by atoms with Crippen LogP contribution in [0.4, 0.5) is 0 Å². The highest BCUT2D eigenvalue weighted by atomic mass is 32.1. The Balaban J connectivity index is 1.82. The van der Waals surface area contributed by atoms with E-state index in [0.717, 1.165) is 27.8 Å². The van der Waals surface area contributed by atoms with E-state index in [2.05, 4.69) is 22.7 Å². The first-order valence-corrected chi connectivity index (χ1v) is 10.4. The molecule has 0 aliphatic heterocycles. The molecule has 0 unspecified atom stereocenters. The number of ether oxygens (including phenoxy) is 1. The molecule has 0 atom stereocenters. The fourth-order valence-electron chi connectivity index (χ4n) is 3.14. The molecule has 0 saturated carbocycles. The first-order valence-electron chi connectivity index (χ1n) is 9.56. The van der Waals surface area contributed by atoms with Crippen molar-refractivity contribution in [3.05, 3.63) is 83.0 Å². The Morgan fingerprint density at radius 3 is 2.71 bits per heavy atom. The zero-order chi connectivity index (χ0) is 21.8. The number of aromatic hydroxyl groups is 2. The zero-order valence-corrected chi connectivity index (χ0v) is 17.7. The fourth-order valence-corrected chi connectivity index (χ4v) is 3.99. The first-order chi connectivity index (χ1) is 15.1. The Labute approximate surface area is 183 Å². The van der Waals surface area contributed by atoms with E-state index in [9.17, 15) is 10.2 Å². The van der Waals surface area contributed by atoms with Crippen LogP contribution in [0, 0.1) is 0 Å². The van der Waals surface area contributed by atoms with Gasteiger partial charge in [0, 0.05) is 16.5 Å². The van der Waals surface area contributed by atoms with E-state index < -0.39 is 0 Å². The summed E-state index contributed by atoms with van der Waals surface area (Å²) in [5.74, 6) is 0.403. The summed E-state index contributed by atoms with van der Waals surface area (Å²) in [5, 5.41) is 28.5. The number of methoxy groups -OCH3 is 1. The second-order valence-corrected chi connectivity index (χ2v) is 7.57. The van der Waals surface area contributed by atoms with E-state index in [1.807, 2.05) is 35.7 Å². The van der Waals surface area contributed by atoms with Crippen molar-refractivity contribution in [1.29, 1.82) is 0 Å². The molecule has 3 aromatic carbocycles. The standard InChI is InChI=1S/C24H21N3O3S/c1-3-11-25-24-27(26-14-19-5-4-6-22(28)23(19)29)21(15-31-24)18-8-7-17-13-20(30-2)10-9-16(17)12-18/h3-10,12-15,28-29H,1,11H2,2H3. The smallest absolute Gasteiger partial charge is 0.206 e. The topological polar surface area (TPSA) is 79.3 Å². The molecule has 4 rings (SSSR count). The molecular formula is C24H21N3O3S. The number of rotatable bonds is 6. The summed E-state index contributed by atoms with van der Waals surface area (Å²) in [4.78, 5) is 5.22.